The quantitative estimate of drug-likeness (QED) is 0.901. The lowest BCUT2D eigenvalue weighted by molar-refractivity contribution is 0.0695. The van der Waals surface area contributed by atoms with E-state index in [0.29, 0.717) is 17.0 Å². The van der Waals surface area contributed by atoms with Gasteiger partial charge in [-0.3, -0.25) is 4.79 Å². The summed E-state index contributed by atoms with van der Waals surface area (Å²) in [7, 11) is 0. The second kappa shape index (κ2) is 5.46. The number of carboxylic acid groups (broad SMARTS) is 1. The van der Waals surface area contributed by atoms with E-state index in [1.807, 2.05) is 4.57 Å². The Morgan fingerprint density at radius 3 is 2.70 bits per heavy atom. The molecule has 0 aliphatic carbocycles. The number of carbonyl (C=O) groups is 1. The molecule has 1 aromatic carbocycles. The van der Waals surface area contributed by atoms with Crippen LogP contribution in [0.2, 0.25) is 5.02 Å². The van der Waals surface area contributed by atoms with E-state index in [9.17, 15) is 14.7 Å². The van der Waals surface area contributed by atoms with Crippen molar-refractivity contribution in [3.63, 3.8) is 0 Å². The first-order valence-electron chi connectivity index (χ1n) is 7.58. The highest BCUT2D eigenvalue weighted by Gasteiger charge is 2.26. The van der Waals surface area contributed by atoms with Gasteiger partial charge < -0.3 is 14.6 Å². The van der Waals surface area contributed by atoms with Crippen LogP contribution in [0.5, 0.6) is 0 Å². The molecule has 0 amide bonds. The van der Waals surface area contributed by atoms with Crippen LogP contribution < -0.4 is 10.3 Å². The Hall–Kier alpha value is -1.66. The van der Waals surface area contributed by atoms with Gasteiger partial charge in [0.2, 0.25) is 5.43 Å². The SMILES string of the molecule is O=C(O)c1cn2c3c(cc(N4CCCC4)c(Cl)c3c1=O)SCC2. The molecule has 2 aliphatic rings. The second-order valence-electron chi connectivity index (χ2n) is 5.84. The number of aryl methyl sites for hydroxylation is 1. The summed E-state index contributed by atoms with van der Waals surface area (Å²) in [5, 5.41) is 10.1. The second-order valence-corrected chi connectivity index (χ2v) is 7.36. The molecule has 1 aromatic heterocycles. The number of rotatable bonds is 2. The molecule has 1 N–H and O–H groups in total. The number of hydrogen-bond acceptors (Lipinski definition) is 4. The van der Waals surface area contributed by atoms with E-state index in [4.69, 9.17) is 11.6 Å². The van der Waals surface area contributed by atoms with E-state index in [1.165, 1.54) is 6.20 Å². The molecule has 23 heavy (non-hydrogen) atoms. The topological polar surface area (TPSA) is 62.5 Å². The zero-order valence-electron chi connectivity index (χ0n) is 12.3. The van der Waals surface area contributed by atoms with Gasteiger partial charge >= 0.3 is 5.97 Å². The van der Waals surface area contributed by atoms with Crippen LogP contribution in [0.4, 0.5) is 5.69 Å². The lowest BCUT2D eigenvalue weighted by Gasteiger charge is -2.25. The number of nitrogens with zero attached hydrogens (tertiary/aromatic N) is 2. The van der Waals surface area contributed by atoms with Crippen molar-refractivity contribution in [2.75, 3.05) is 23.7 Å². The molecule has 0 spiro atoms. The van der Waals surface area contributed by atoms with Gasteiger partial charge in [0.25, 0.3) is 0 Å². The third-order valence-electron chi connectivity index (χ3n) is 4.49. The monoisotopic (exact) mass is 350 g/mol. The van der Waals surface area contributed by atoms with Crippen molar-refractivity contribution < 1.29 is 9.90 Å². The largest absolute Gasteiger partial charge is 0.477 e. The highest BCUT2D eigenvalue weighted by Crippen LogP contribution is 2.41. The van der Waals surface area contributed by atoms with Crippen LogP contribution in [0.1, 0.15) is 23.2 Å². The smallest absolute Gasteiger partial charge is 0.341 e. The molecule has 3 heterocycles. The summed E-state index contributed by atoms with van der Waals surface area (Å²) in [4.78, 5) is 27.3. The first kappa shape index (κ1) is 14.9. The lowest BCUT2D eigenvalue weighted by atomic mass is 10.1. The van der Waals surface area contributed by atoms with Gasteiger partial charge in [0.15, 0.2) is 0 Å². The van der Waals surface area contributed by atoms with E-state index in [0.717, 1.165) is 47.8 Å². The summed E-state index contributed by atoms with van der Waals surface area (Å²) in [5.74, 6) is -0.353. The first-order chi connectivity index (χ1) is 11.1. The van der Waals surface area contributed by atoms with Crippen LogP contribution in [0.3, 0.4) is 0 Å². The van der Waals surface area contributed by atoms with Gasteiger partial charge in [-0.05, 0) is 18.9 Å². The van der Waals surface area contributed by atoms with Crippen LogP contribution in [0.25, 0.3) is 10.9 Å². The van der Waals surface area contributed by atoms with Gasteiger partial charge in [-0.15, -0.1) is 11.8 Å². The predicted molar refractivity (Wildman–Crippen MR) is 92.3 cm³/mol. The highest BCUT2D eigenvalue weighted by molar-refractivity contribution is 7.99. The van der Waals surface area contributed by atoms with E-state index < -0.39 is 11.4 Å². The minimum absolute atomic E-state index is 0.212. The fourth-order valence-corrected chi connectivity index (χ4v) is 4.81. The van der Waals surface area contributed by atoms with E-state index in [2.05, 4.69) is 11.0 Å². The number of thioether (sulfide) groups is 1. The third kappa shape index (κ3) is 2.23. The molecule has 0 bridgehead atoms. The molecule has 1 saturated heterocycles. The zero-order valence-corrected chi connectivity index (χ0v) is 13.9. The number of hydrogen-bond donors (Lipinski definition) is 1. The van der Waals surface area contributed by atoms with Gasteiger partial charge in [-0.1, -0.05) is 11.6 Å². The van der Waals surface area contributed by atoms with Crippen molar-refractivity contribution in [2.24, 2.45) is 0 Å². The Kier molecular flexibility index (Phi) is 3.54. The van der Waals surface area contributed by atoms with Crippen LogP contribution >= 0.6 is 23.4 Å². The molecular weight excluding hydrogens is 336 g/mol. The number of anilines is 1. The number of aromatic carboxylic acids is 1. The summed E-state index contributed by atoms with van der Waals surface area (Å²) < 4.78 is 1.85. The fraction of sp³-hybridized carbons (Fsp3) is 0.375. The molecule has 0 radical (unpaired) electrons. The lowest BCUT2D eigenvalue weighted by Crippen LogP contribution is -2.24. The van der Waals surface area contributed by atoms with Gasteiger partial charge in [0.1, 0.15) is 5.56 Å². The van der Waals surface area contributed by atoms with Gasteiger partial charge in [0.05, 0.1) is 21.6 Å². The number of carboxylic acids is 1. The summed E-state index contributed by atoms with van der Waals surface area (Å²) >= 11 is 8.26. The molecule has 120 valence electrons. The Balaban J connectivity index is 2.10. The normalized spacial score (nSPS) is 17.0. The van der Waals surface area contributed by atoms with E-state index in [-0.39, 0.29) is 5.56 Å². The van der Waals surface area contributed by atoms with Gasteiger partial charge in [-0.2, -0.15) is 0 Å². The molecule has 5 nitrogen and oxygen atoms in total. The zero-order chi connectivity index (χ0) is 16.1. The molecule has 0 atom stereocenters. The number of pyridine rings is 1. The molecule has 2 aromatic rings. The van der Waals surface area contributed by atoms with Crippen LogP contribution in [0, 0.1) is 0 Å². The first-order valence-corrected chi connectivity index (χ1v) is 8.95. The molecule has 1 fully saturated rings. The average molecular weight is 351 g/mol. The highest BCUT2D eigenvalue weighted by atomic mass is 35.5. The van der Waals surface area contributed by atoms with E-state index in [1.54, 1.807) is 11.8 Å². The van der Waals surface area contributed by atoms with Crippen molar-refractivity contribution >= 4 is 45.9 Å². The Morgan fingerprint density at radius 1 is 1.26 bits per heavy atom. The van der Waals surface area contributed by atoms with Crippen LogP contribution in [-0.4, -0.2) is 34.5 Å². The maximum atomic E-state index is 12.7. The molecule has 4 rings (SSSR count). The van der Waals surface area contributed by atoms with Crippen molar-refractivity contribution in [2.45, 2.75) is 24.3 Å². The van der Waals surface area contributed by atoms with Crippen LogP contribution in [0.15, 0.2) is 22.0 Å². The van der Waals surface area contributed by atoms with Gasteiger partial charge in [-0.25, -0.2) is 4.79 Å². The standard InChI is InChI=1S/C16H15ClN2O3S/c17-13-10(18-3-1-2-4-18)7-11-14-12(13)15(20)9(16(21)22)8-19(14)5-6-23-11/h7-8H,1-6H2,(H,21,22). The molecule has 2 aliphatic heterocycles. The number of aromatic nitrogens is 1. The maximum absolute atomic E-state index is 12.7. The fourth-order valence-electron chi connectivity index (χ4n) is 3.40. The Bertz CT molecular complexity index is 887. The van der Waals surface area contributed by atoms with Crippen molar-refractivity contribution in [1.29, 1.82) is 0 Å². The summed E-state index contributed by atoms with van der Waals surface area (Å²) in [6.07, 6.45) is 3.66. The number of halogens is 1. The maximum Gasteiger partial charge on any atom is 0.341 e. The average Bonchev–Trinajstić information content (AvgIpc) is 3.05. The summed E-state index contributed by atoms with van der Waals surface area (Å²) in [5.41, 5.74) is 0.922. The Morgan fingerprint density at radius 2 is 2.00 bits per heavy atom. The van der Waals surface area contributed by atoms with Crippen LogP contribution in [-0.2, 0) is 6.54 Å². The Labute approximate surface area is 141 Å². The van der Waals surface area contributed by atoms with Gasteiger partial charge in [0, 0.05) is 36.5 Å². The summed E-state index contributed by atoms with van der Waals surface area (Å²) in [6.45, 7) is 2.51. The van der Waals surface area contributed by atoms with E-state index >= 15 is 0 Å². The molecular formula is C16H15ClN2O3S. The van der Waals surface area contributed by atoms with Crippen molar-refractivity contribution in [3.8, 4) is 0 Å². The molecule has 0 unspecified atom stereocenters. The third-order valence-corrected chi connectivity index (χ3v) is 5.88. The predicted octanol–water partition coefficient (Wildman–Crippen LogP) is 3.06. The minimum Gasteiger partial charge on any atom is -0.477 e. The summed E-state index contributed by atoms with van der Waals surface area (Å²) in [6, 6.07) is 2.05. The molecule has 7 heteroatoms. The number of benzene rings is 1. The van der Waals surface area contributed by atoms with Crippen molar-refractivity contribution in [3.05, 3.63) is 33.1 Å². The minimum atomic E-state index is -1.21. The molecule has 0 saturated carbocycles. The van der Waals surface area contributed by atoms with Crippen molar-refractivity contribution in [1.82, 2.24) is 4.57 Å².